The lowest BCUT2D eigenvalue weighted by Gasteiger charge is -2.38. The van der Waals surface area contributed by atoms with E-state index >= 15 is 0 Å². The Morgan fingerprint density at radius 2 is 2.03 bits per heavy atom. The molecule has 0 aliphatic carbocycles. The summed E-state index contributed by atoms with van der Waals surface area (Å²) in [4.78, 5) is 32.1. The molecule has 34 heavy (non-hydrogen) atoms. The van der Waals surface area contributed by atoms with Crippen LogP contribution in [0.15, 0.2) is 29.2 Å². The molecule has 2 bridgehead atoms. The lowest BCUT2D eigenvalue weighted by Crippen LogP contribution is -2.53. The first-order valence-corrected chi connectivity index (χ1v) is 13.3. The van der Waals surface area contributed by atoms with Crippen molar-refractivity contribution in [2.24, 2.45) is 5.92 Å². The van der Waals surface area contributed by atoms with Gasteiger partial charge in [0.05, 0.1) is 23.0 Å². The molecule has 4 rings (SSSR count). The molecule has 0 unspecified atom stereocenters. The molecule has 1 aromatic rings. The van der Waals surface area contributed by atoms with E-state index in [1.165, 1.54) is 18.4 Å². The second-order valence-electron chi connectivity index (χ2n) is 9.86. The Kier molecular flexibility index (Phi) is 6.73. The predicted octanol–water partition coefficient (Wildman–Crippen LogP) is 1.43. The van der Waals surface area contributed by atoms with Crippen LogP contribution in [-0.4, -0.2) is 91.1 Å². The molecule has 3 heterocycles. The predicted molar refractivity (Wildman–Crippen MR) is 126 cm³/mol. The molecule has 0 saturated carbocycles. The second-order valence-corrected chi connectivity index (χ2v) is 12.0. The number of hydrogen-bond donors (Lipinski definition) is 0. The number of amides is 2. The third kappa shape index (κ3) is 4.21. The topological polar surface area (TPSA) is 105 Å². The van der Waals surface area contributed by atoms with E-state index in [0.29, 0.717) is 26.1 Å². The summed E-state index contributed by atoms with van der Waals surface area (Å²) in [6.07, 6.45) is 2.30. The molecule has 0 spiro atoms. The van der Waals surface area contributed by atoms with E-state index in [9.17, 15) is 23.3 Å². The number of rotatable bonds is 7. The smallest absolute Gasteiger partial charge is 0.242 e. The minimum absolute atomic E-state index is 0.0107. The summed E-state index contributed by atoms with van der Waals surface area (Å²) in [5.74, 6) is -0.261. The number of nitriles is 1. The van der Waals surface area contributed by atoms with Crippen LogP contribution >= 0.6 is 0 Å². The van der Waals surface area contributed by atoms with E-state index in [-0.39, 0.29) is 46.8 Å². The quantitative estimate of drug-likeness (QED) is 0.576. The molecule has 0 aromatic heterocycles. The maximum atomic E-state index is 13.3. The molecule has 3 aliphatic rings. The first kappa shape index (κ1) is 24.6. The van der Waals surface area contributed by atoms with Gasteiger partial charge in [-0.15, -0.1) is 0 Å². The molecule has 3 saturated heterocycles. The minimum Gasteiger partial charge on any atom is -0.330 e. The molecule has 10 heteroatoms. The van der Waals surface area contributed by atoms with Gasteiger partial charge in [0.2, 0.25) is 21.8 Å². The van der Waals surface area contributed by atoms with Gasteiger partial charge >= 0.3 is 0 Å². The highest BCUT2D eigenvalue weighted by molar-refractivity contribution is 7.89. The number of hydrogen-bond acceptors (Lipinski definition) is 6. The second kappa shape index (κ2) is 9.29. The standard InChI is InChI=1S/C24H33N5O4S/c1-16(23(30)28-10-6-8-19(28)13-25)14-27-15-20-12-22(27)24(31)29(20)17(2)18-7-5-9-21(11-18)34(32,33)26(3)4/h5,7,9,11,16-17,19-20,22H,6,8,10,12,14-15H2,1-4H3/t16-,17-,19-,20+,22+/m0/s1. The molecule has 2 amide bonds. The van der Waals surface area contributed by atoms with Crippen LogP contribution in [0.1, 0.15) is 44.7 Å². The Balaban J connectivity index is 1.43. The minimum atomic E-state index is -3.56. The Labute approximate surface area is 201 Å². The van der Waals surface area contributed by atoms with Gasteiger partial charge < -0.3 is 9.80 Å². The lowest BCUT2D eigenvalue weighted by molar-refractivity contribution is -0.142. The van der Waals surface area contributed by atoms with Gasteiger partial charge in [-0.2, -0.15) is 5.26 Å². The van der Waals surface area contributed by atoms with E-state index < -0.39 is 10.0 Å². The number of carbonyl (C=O) groups excluding carboxylic acids is 2. The maximum Gasteiger partial charge on any atom is 0.242 e. The average Bonchev–Trinajstić information content (AvgIpc) is 3.52. The Morgan fingerprint density at radius 1 is 1.29 bits per heavy atom. The van der Waals surface area contributed by atoms with E-state index in [1.807, 2.05) is 24.8 Å². The van der Waals surface area contributed by atoms with Gasteiger partial charge in [0.25, 0.3) is 0 Å². The van der Waals surface area contributed by atoms with Gasteiger partial charge in [0.1, 0.15) is 6.04 Å². The number of sulfonamides is 1. The van der Waals surface area contributed by atoms with Crippen LogP contribution in [0, 0.1) is 17.2 Å². The van der Waals surface area contributed by atoms with Gasteiger partial charge in [0.15, 0.2) is 0 Å². The molecule has 184 valence electrons. The van der Waals surface area contributed by atoms with Gasteiger partial charge in [-0.3, -0.25) is 14.5 Å². The summed E-state index contributed by atoms with van der Waals surface area (Å²) in [7, 11) is -0.560. The van der Waals surface area contributed by atoms with Crippen molar-refractivity contribution in [3.63, 3.8) is 0 Å². The Bertz CT molecular complexity index is 1110. The number of fused-ring (bicyclic) bond motifs is 2. The lowest BCUT2D eigenvalue weighted by atomic mass is 10.0. The van der Waals surface area contributed by atoms with Crippen LogP contribution in [-0.2, 0) is 19.6 Å². The first-order valence-electron chi connectivity index (χ1n) is 11.8. The van der Waals surface area contributed by atoms with Crippen molar-refractivity contribution in [1.29, 1.82) is 5.26 Å². The van der Waals surface area contributed by atoms with Crippen molar-refractivity contribution >= 4 is 21.8 Å². The van der Waals surface area contributed by atoms with Crippen molar-refractivity contribution in [2.75, 3.05) is 33.7 Å². The number of carbonyl (C=O) groups is 2. The molecule has 3 fully saturated rings. The van der Waals surface area contributed by atoms with Crippen LogP contribution in [0.3, 0.4) is 0 Å². The average molecular weight is 488 g/mol. The summed E-state index contributed by atoms with van der Waals surface area (Å²) in [6.45, 7) is 5.63. The molecule has 3 aliphatic heterocycles. The highest BCUT2D eigenvalue weighted by Gasteiger charge is 2.51. The summed E-state index contributed by atoms with van der Waals surface area (Å²) in [6, 6.07) is 8.20. The largest absolute Gasteiger partial charge is 0.330 e. The summed E-state index contributed by atoms with van der Waals surface area (Å²) in [5.41, 5.74) is 0.787. The maximum absolute atomic E-state index is 13.3. The SMILES string of the molecule is C[C@@H](CN1C[C@H]2C[C@@H]1C(=O)N2[C@@H](C)c1cccc(S(=O)(=O)N(C)C)c1)C(=O)N1CCC[C@H]1C#N. The molecule has 5 atom stereocenters. The van der Waals surface area contributed by atoms with Crippen molar-refractivity contribution in [3.05, 3.63) is 29.8 Å². The highest BCUT2D eigenvalue weighted by atomic mass is 32.2. The third-order valence-electron chi connectivity index (χ3n) is 7.47. The molecule has 9 nitrogen and oxygen atoms in total. The molecule has 0 radical (unpaired) electrons. The van der Waals surface area contributed by atoms with Crippen LogP contribution in [0.5, 0.6) is 0 Å². The number of benzene rings is 1. The molecular weight excluding hydrogens is 454 g/mol. The highest BCUT2D eigenvalue weighted by Crippen LogP contribution is 2.38. The zero-order valence-electron chi connectivity index (χ0n) is 20.2. The zero-order chi connectivity index (χ0) is 24.8. The van der Waals surface area contributed by atoms with E-state index in [4.69, 9.17) is 0 Å². The fourth-order valence-corrected chi connectivity index (χ4v) is 6.54. The zero-order valence-corrected chi connectivity index (χ0v) is 21.0. The number of nitrogens with zero attached hydrogens (tertiary/aromatic N) is 5. The Hall–Kier alpha value is -2.48. The number of piperazine rings is 1. The van der Waals surface area contributed by atoms with Crippen molar-refractivity contribution in [2.45, 2.75) is 62.2 Å². The Morgan fingerprint density at radius 3 is 2.68 bits per heavy atom. The van der Waals surface area contributed by atoms with Crippen molar-refractivity contribution in [3.8, 4) is 6.07 Å². The van der Waals surface area contributed by atoms with Crippen LogP contribution in [0.2, 0.25) is 0 Å². The van der Waals surface area contributed by atoms with Gasteiger partial charge in [-0.05, 0) is 43.9 Å². The van der Waals surface area contributed by atoms with Crippen molar-refractivity contribution < 1.29 is 18.0 Å². The van der Waals surface area contributed by atoms with Crippen LogP contribution in [0.25, 0.3) is 0 Å². The van der Waals surface area contributed by atoms with Crippen LogP contribution in [0.4, 0.5) is 0 Å². The third-order valence-corrected chi connectivity index (χ3v) is 9.28. The van der Waals surface area contributed by atoms with E-state index in [0.717, 1.165) is 18.4 Å². The fourth-order valence-electron chi connectivity index (χ4n) is 5.58. The van der Waals surface area contributed by atoms with E-state index in [1.54, 1.807) is 23.1 Å². The molecule has 1 aromatic carbocycles. The number of likely N-dealkylation sites (tertiary alicyclic amines) is 3. The molecule has 0 N–H and O–H groups in total. The molecular formula is C24H33N5O4S. The van der Waals surface area contributed by atoms with Gasteiger partial charge in [-0.25, -0.2) is 12.7 Å². The monoisotopic (exact) mass is 487 g/mol. The van der Waals surface area contributed by atoms with Crippen LogP contribution < -0.4 is 0 Å². The van der Waals surface area contributed by atoms with Gasteiger partial charge in [0, 0.05) is 45.7 Å². The summed E-state index contributed by atoms with van der Waals surface area (Å²) in [5, 5.41) is 9.30. The normalized spacial score (nSPS) is 26.8. The van der Waals surface area contributed by atoms with Crippen molar-refractivity contribution in [1.82, 2.24) is 19.0 Å². The first-order chi connectivity index (χ1) is 16.1. The fraction of sp³-hybridized carbons (Fsp3) is 0.625. The summed E-state index contributed by atoms with van der Waals surface area (Å²) >= 11 is 0. The summed E-state index contributed by atoms with van der Waals surface area (Å²) < 4.78 is 26.3. The van der Waals surface area contributed by atoms with E-state index in [2.05, 4.69) is 11.0 Å². The van der Waals surface area contributed by atoms with Gasteiger partial charge in [-0.1, -0.05) is 19.1 Å².